The molecule has 0 aliphatic rings. The Labute approximate surface area is 133 Å². The van der Waals surface area contributed by atoms with Crippen molar-refractivity contribution in [3.05, 3.63) is 29.8 Å². The average Bonchev–Trinajstić information content (AvgIpc) is 2.54. The van der Waals surface area contributed by atoms with Crippen molar-refractivity contribution >= 4 is 14.3 Å². The molecule has 0 heterocycles. The van der Waals surface area contributed by atoms with E-state index in [4.69, 9.17) is 0 Å². The lowest BCUT2D eigenvalue weighted by molar-refractivity contribution is 0.387. The van der Waals surface area contributed by atoms with Crippen molar-refractivity contribution in [1.29, 1.82) is 0 Å². The van der Waals surface area contributed by atoms with Crippen LogP contribution in [0.4, 0.5) is 0 Å². The second kappa shape index (κ2) is 9.39. The van der Waals surface area contributed by atoms with E-state index >= 15 is 0 Å². The number of rotatable bonds is 9. The van der Waals surface area contributed by atoms with E-state index in [1.165, 1.54) is 6.42 Å². The smallest absolute Gasteiger partial charge is 0.267 e. The molecule has 0 saturated carbocycles. The van der Waals surface area contributed by atoms with Crippen molar-refractivity contribution in [2.24, 2.45) is 0 Å². The Hall–Kier alpha value is -0.643. The summed E-state index contributed by atoms with van der Waals surface area (Å²) < 4.78 is 5.36. The zero-order valence-electron chi connectivity index (χ0n) is 14.8. The highest BCUT2D eigenvalue weighted by Gasteiger charge is 2.29. The van der Waals surface area contributed by atoms with E-state index < -0.39 is 9.12 Å². The molecule has 3 heteroatoms. The van der Waals surface area contributed by atoms with Gasteiger partial charge in [-0.3, -0.25) is 0 Å². The first-order valence-electron chi connectivity index (χ1n) is 8.60. The molecule has 0 aliphatic heterocycles. The Morgan fingerprint density at radius 2 is 1.33 bits per heavy atom. The average molecular weight is 306 g/mol. The summed E-state index contributed by atoms with van der Waals surface area (Å²) in [4.78, 5) is 0. The van der Waals surface area contributed by atoms with Gasteiger partial charge < -0.3 is 9.13 Å². The minimum atomic E-state index is -0.820. The predicted molar refractivity (Wildman–Crippen MR) is 96.4 cm³/mol. The Balaban J connectivity index is 3.31. The van der Waals surface area contributed by atoms with Crippen molar-refractivity contribution in [3.8, 4) is 0 Å². The summed E-state index contributed by atoms with van der Waals surface area (Å²) in [6.45, 7) is 18.4. The van der Waals surface area contributed by atoms with Gasteiger partial charge in [0.05, 0.1) is 0 Å². The third-order valence-electron chi connectivity index (χ3n) is 4.47. The van der Waals surface area contributed by atoms with Gasteiger partial charge in [-0.2, -0.15) is 0 Å². The summed E-state index contributed by atoms with van der Waals surface area (Å²) in [5.41, 5.74) is 1.56. The molecule has 0 N–H and O–H groups in total. The molecule has 1 atom stereocenters. The van der Waals surface area contributed by atoms with E-state index in [1.54, 1.807) is 10.8 Å². The fourth-order valence-electron chi connectivity index (χ4n) is 2.94. The van der Waals surface area contributed by atoms with Crippen LogP contribution in [0.15, 0.2) is 24.3 Å². The lowest BCUT2D eigenvalue weighted by atomic mass is 9.99. The molecule has 0 saturated heterocycles. The zero-order valence-corrected chi connectivity index (χ0v) is 15.8. The summed E-state index contributed by atoms with van der Waals surface area (Å²) in [7, 11) is -0.820. The number of hydrogen-bond acceptors (Lipinski definition) is 2. The number of nitrogens with zero attached hydrogens (tertiary/aromatic N) is 2. The summed E-state index contributed by atoms with van der Waals surface area (Å²) in [5, 5.41) is 1.60. The van der Waals surface area contributed by atoms with Crippen LogP contribution in [0.2, 0.25) is 0 Å². The summed E-state index contributed by atoms with van der Waals surface area (Å²) in [6, 6.07) is 9.15. The largest absolute Gasteiger partial charge is 0.309 e. The standard InChI is InChI=1S/C18H33N2Si/c1-7-16(6)17-14-12-13-15-18(17)21(19(8-2)9-3)20(10-4)11-5/h12-16H,7-11H2,1-6H3. The summed E-state index contributed by atoms with van der Waals surface area (Å²) >= 11 is 0. The van der Waals surface area contributed by atoms with Gasteiger partial charge in [0, 0.05) is 0 Å². The van der Waals surface area contributed by atoms with E-state index in [0.717, 1.165) is 26.2 Å². The molecular formula is C18H33N2Si. The van der Waals surface area contributed by atoms with Crippen LogP contribution >= 0.6 is 0 Å². The van der Waals surface area contributed by atoms with Gasteiger partial charge in [0.15, 0.2) is 0 Å². The van der Waals surface area contributed by atoms with Crippen molar-refractivity contribution in [1.82, 2.24) is 9.13 Å². The molecular weight excluding hydrogens is 272 g/mol. The maximum Gasteiger partial charge on any atom is 0.267 e. The maximum absolute atomic E-state index is 2.68. The minimum Gasteiger partial charge on any atom is -0.309 e. The van der Waals surface area contributed by atoms with Crippen LogP contribution in [-0.4, -0.2) is 44.4 Å². The highest BCUT2D eigenvalue weighted by atomic mass is 28.3. The van der Waals surface area contributed by atoms with Gasteiger partial charge in [-0.1, -0.05) is 65.8 Å². The first-order valence-corrected chi connectivity index (χ1v) is 9.99. The van der Waals surface area contributed by atoms with Gasteiger partial charge in [0.25, 0.3) is 9.12 Å². The summed E-state index contributed by atoms with van der Waals surface area (Å²) in [6.07, 6.45) is 1.21. The topological polar surface area (TPSA) is 6.48 Å². The molecule has 2 nitrogen and oxygen atoms in total. The molecule has 0 bridgehead atoms. The van der Waals surface area contributed by atoms with Crippen LogP contribution in [0.1, 0.15) is 59.4 Å². The van der Waals surface area contributed by atoms with E-state index in [0.29, 0.717) is 5.92 Å². The normalized spacial score (nSPS) is 13.4. The fraction of sp³-hybridized carbons (Fsp3) is 0.667. The van der Waals surface area contributed by atoms with Crippen LogP contribution in [-0.2, 0) is 0 Å². The van der Waals surface area contributed by atoms with E-state index in [-0.39, 0.29) is 0 Å². The van der Waals surface area contributed by atoms with Gasteiger partial charge in [-0.25, -0.2) is 0 Å². The molecule has 0 aliphatic carbocycles. The van der Waals surface area contributed by atoms with Crippen molar-refractivity contribution in [3.63, 3.8) is 0 Å². The number of benzene rings is 1. The van der Waals surface area contributed by atoms with Crippen LogP contribution in [0, 0.1) is 0 Å². The molecule has 0 spiro atoms. The van der Waals surface area contributed by atoms with Crippen LogP contribution in [0.3, 0.4) is 0 Å². The van der Waals surface area contributed by atoms with Crippen molar-refractivity contribution in [2.45, 2.75) is 53.9 Å². The zero-order chi connectivity index (χ0) is 15.8. The molecule has 0 aromatic heterocycles. The first-order chi connectivity index (χ1) is 10.1. The third-order valence-corrected chi connectivity index (χ3v) is 7.87. The van der Waals surface area contributed by atoms with Crippen LogP contribution in [0.5, 0.6) is 0 Å². The monoisotopic (exact) mass is 305 g/mol. The molecule has 1 aromatic carbocycles. The molecule has 0 fully saturated rings. The Morgan fingerprint density at radius 1 is 0.857 bits per heavy atom. The lowest BCUT2D eigenvalue weighted by Gasteiger charge is -2.37. The first kappa shape index (κ1) is 18.4. The van der Waals surface area contributed by atoms with Crippen molar-refractivity contribution in [2.75, 3.05) is 26.2 Å². The molecule has 1 rings (SSSR count). The van der Waals surface area contributed by atoms with Gasteiger partial charge in [0.2, 0.25) is 0 Å². The Morgan fingerprint density at radius 3 is 1.76 bits per heavy atom. The SMILES string of the molecule is CCC(C)c1ccccc1[Si](N(CC)CC)N(CC)CC. The second-order valence-electron chi connectivity index (χ2n) is 5.56. The lowest BCUT2D eigenvalue weighted by Crippen LogP contribution is -2.60. The van der Waals surface area contributed by atoms with Gasteiger partial charge in [0.1, 0.15) is 0 Å². The van der Waals surface area contributed by atoms with Crippen molar-refractivity contribution < 1.29 is 0 Å². The molecule has 119 valence electrons. The fourth-order valence-corrected chi connectivity index (χ4v) is 6.05. The highest BCUT2D eigenvalue weighted by Crippen LogP contribution is 2.18. The maximum atomic E-state index is 2.68. The Bertz CT molecular complexity index is 388. The highest BCUT2D eigenvalue weighted by molar-refractivity contribution is 6.68. The Kier molecular flexibility index (Phi) is 8.23. The van der Waals surface area contributed by atoms with E-state index in [2.05, 4.69) is 74.9 Å². The van der Waals surface area contributed by atoms with E-state index in [1.807, 2.05) is 0 Å². The molecule has 1 aromatic rings. The third kappa shape index (κ3) is 4.41. The van der Waals surface area contributed by atoms with Crippen LogP contribution < -0.4 is 5.19 Å². The second-order valence-corrected chi connectivity index (χ2v) is 8.02. The molecule has 1 unspecified atom stereocenters. The van der Waals surface area contributed by atoms with Gasteiger partial charge in [-0.05, 0) is 49.3 Å². The molecule has 0 amide bonds. The van der Waals surface area contributed by atoms with Gasteiger partial charge in [-0.15, -0.1) is 0 Å². The predicted octanol–water partition coefficient (Wildman–Crippen LogP) is 3.58. The van der Waals surface area contributed by atoms with Gasteiger partial charge >= 0.3 is 0 Å². The van der Waals surface area contributed by atoms with Crippen LogP contribution in [0.25, 0.3) is 0 Å². The summed E-state index contributed by atoms with van der Waals surface area (Å²) in [5.74, 6) is 0.646. The molecule has 1 radical (unpaired) electrons. The quantitative estimate of drug-likeness (QED) is 0.643. The minimum absolute atomic E-state index is 0.646. The molecule has 21 heavy (non-hydrogen) atoms. The van der Waals surface area contributed by atoms with E-state index in [9.17, 15) is 0 Å². The number of hydrogen-bond donors (Lipinski definition) is 0.